The smallest absolute Gasteiger partial charge is 0.253 e. The molecule has 1 rings (SSSR count). The van der Waals surface area contributed by atoms with Crippen LogP contribution in [0.1, 0.15) is 12.5 Å². The second kappa shape index (κ2) is 4.58. The lowest BCUT2D eigenvalue weighted by Gasteiger charge is -2.18. The van der Waals surface area contributed by atoms with Crippen molar-refractivity contribution in [2.24, 2.45) is 0 Å². The van der Waals surface area contributed by atoms with Gasteiger partial charge >= 0.3 is 0 Å². The molecule has 0 unspecified atom stereocenters. The van der Waals surface area contributed by atoms with Crippen molar-refractivity contribution in [3.8, 4) is 6.07 Å². The van der Waals surface area contributed by atoms with E-state index in [0.717, 1.165) is 0 Å². The number of benzene rings is 1. The Hall–Kier alpha value is -2.15. The summed E-state index contributed by atoms with van der Waals surface area (Å²) in [5.74, 6) is -0.983. The largest absolute Gasteiger partial charge is 0.310 e. The van der Waals surface area contributed by atoms with Crippen LogP contribution in [0.25, 0.3) is 0 Å². The van der Waals surface area contributed by atoms with Gasteiger partial charge in [-0.05, 0) is 19.1 Å². The summed E-state index contributed by atoms with van der Waals surface area (Å²) < 4.78 is 13.3. The first-order valence-corrected chi connectivity index (χ1v) is 4.61. The van der Waals surface area contributed by atoms with Crippen LogP contribution >= 0.6 is 0 Å². The Balaban J connectivity index is 3.25. The van der Waals surface area contributed by atoms with Gasteiger partial charge in [-0.15, -0.1) is 0 Å². The van der Waals surface area contributed by atoms with Gasteiger partial charge in [0.2, 0.25) is 0 Å². The average molecular weight is 218 g/mol. The highest BCUT2D eigenvalue weighted by Crippen LogP contribution is 2.22. The third-order valence-corrected chi connectivity index (χ3v) is 2.13. The molecule has 1 aromatic rings. The average Bonchev–Trinajstić information content (AvgIpc) is 2.26. The van der Waals surface area contributed by atoms with Crippen LogP contribution in [-0.4, -0.2) is 13.0 Å². The molecule has 0 N–H and O–H groups in total. The van der Waals surface area contributed by atoms with E-state index >= 15 is 0 Å². The number of nitrogens with zero attached hydrogens (tertiary/aromatic N) is 2. The lowest BCUT2D eigenvalue weighted by molar-refractivity contribution is -0.114. The third kappa shape index (κ3) is 2.09. The summed E-state index contributed by atoms with van der Waals surface area (Å²) in [6, 6.07) is 5.89. The number of carbonyl (C=O) groups is 1. The number of anilines is 1. The maximum Gasteiger partial charge on any atom is 0.253 e. The molecule has 4 heteroatoms. The Kier molecular flexibility index (Phi) is 3.41. The van der Waals surface area contributed by atoms with Gasteiger partial charge in [-0.2, -0.15) is 5.26 Å². The van der Waals surface area contributed by atoms with E-state index in [0.29, 0.717) is 5.57 Å². The number of carbonyl (C=O) groups excluding carboxylic acids is 1. The molecule has 0 fully saturated rings. The minimum absolute atomic E-state index is 0.139. The van der Waals surface area contributed by atoms with Crippen LogP contribution < -0.4 is 4.90 Å². The number of rotatable bonds is 2. The van der Waals surface area contributed by atoms with E-state index in [1.807, 2.05) is 0 Å². The second-order valence-electron chi connectivity index (χ2n) is 3.39. The highest BCUT2D eigenvalue weighted by Gasteiger charge is 2.17. The molecule has 16 heavy (non-hydrogen) atoms. The molecule has 3 nitrogen and oxygen atoms in total. The summed E-state index contributed by atoms with van der Waals surface area (Å²) in [5.41, 5.74) is 0.436. The number of amides is 1. The first kappa shape index (κ1) is 11.9. The second-order valence-corrected chi connectivity index (χ2v) is 3.39. The first-order valence-electron chi connectivity index (χ1n) is 4.61. The fraction of sp³-hybridized carbons (Fsp3) is 0.167. The molecule has 0 heterocycles. The molecular weight excluding hydrogens is 207 g/mol. The van der Waals surface area contributed by atoms with Crippen LogP contribution in [0, 0.1) is 17.1 Å². The lowest BCUT2D eigenvalue weighted by atomic mass is 10.1. The SMILES string of the molecule is C=C(C)C(=O)N(C)c1cccc(F)c1C#N. The van der Waals surface area contributed by atoms with Crippen molar-refractivity contribution in [3.05, 3.63) is 41.7 Å². The summed E-state index contributed by atoms with van der Waals surface area (Å²) in [4.78, 5) is 12.8. The van der Waals surface area contributed by atoms with Crippen molar-refractivity contribution in [2.45, 2.75) is 6.92 Å². The van der Waals surface area contributed by atoms with Gasteiger partial charge in [-0.25, -0.2) is 4.39 Å². The van der Waals surface area contributed by atoms with Gasteiger partial charge in [-0.3, -0.25) is 4.79 Å². The minimum Gasteiger partial charge on any atom is -0.310 e. The van der Waals surface area contributed by atoms with Crippen LogP contribution in [-0.2, 0) is 4.79 Å². The van der Waals surface area contributed by atoms with Crippen molar-refractivity contribution in [2.75, 3.05) is 11.9 Å². The van der Waals surface area contributed by atoms with Crippen molar-refractivity contribution >= 4 is 11.6 Å². The predicted molar refractivity (Wildman–Crippen MR) is 59.3 cm³/mol. The minimum atomic E-state index is -0.638. The zero-order valence-electron chi connectivity index (χ0n) is 9.12. The molecule has 1 aromatic carbocycles. The Morgan fingerprint density at radius 1 is 1.56 bits per heavy atom. The molecule has 82 valence electrons. The van der Waals surface area contributed by atoms with Gasteiger partial charge in [-0.1, -0.05) is 12.6 Å². The van der Waals surface area contributed by atoms with Gasteiger partial charge in [0.1, 0.15) is 17.4 Å². The first-order chi connectivity index (χ1) is 7.49. The van der Waals surface area contributed by atoms with E-state index in [2.05, 4.69) is 6.58 Å². The van der Waals surface area contributed by atoms with E-state index < -0.39 is 5.82 Å². The monoisotopic (exact) mass is 218 g/mol. The van der Waals surface area contributed by atoms with Crippen molar-refractivity contribution in [1.82, 2.24) is 0 Å². The molecule has 0 atom stereocenters. The zero-order valence-corrected chi connectivity index (χ0v) is 9.12. The number of halogens is 1. The summed E-state index contributed by atoms with van der Waals surface area (Å²) in [6.07, 6.45) is 0. The molecule has 0 aliphatic rings. The molecule has 0 saturated heterocycles. The normalized spacial score (nSPS) is 9.38. The van der Waals surface area contributed by atoms with Crippen LogP contribution in [0.3, 0.4) is 0 Å². The third-order valence-electron chi connectivity index (χ3n) is 2.13. The summed E-state index contributed by atoms with van der Waals surface area (Å²) in [7, 11) is 1.48. The number of hydrogen-bond donors (Lipinski definition) is 0. The molecule has 0 saturated carbocycles. The summed E-state index contributed by atoms with van der Waals surface area (Å²) in [6.45, 7) is 5.07. The van der Waals surface area contributed by atoms with Crippen molar-refractivity contribution in [1.29, 1.82) is 5.26 Å². The number of likely N-dealkylation sites (N-methyl/N-ethyl adjacent to an activating group) is 1. The quantitative estimate of drug-likeness (QED) is 0.714. The number of hydrogen-bond acceptors (Lipinski definition) is 2. The Morgan fingerprint density at radius 2 is 2.19 bits per heavy atom. The van der Waals surface area contributed by atoms with E-state index in [4.69, 9.17) is 5.26 Å². The fourth-order valence-corrected chi connectivity index (χ4v) is 1.30. The molecule has 1 amide bonds. The van der Waals surface area contributed by atoms with Crippen LogP contribution in [0.2, 0.25) is 0 Å². The Bertz CT molecular complexity index is 488. The molecule has 0 spiro atoms. The van der Waals surface area contributed by atoms with E-state index in [1.54, 1.807) is 13.0 Å². The maximum atomic E-state index is 13.3. The van der Waals surface area contributed by atoms with Gasteiger partial charge in [0.25, 0.3) is 5.91 Å². The van der Waals surface area contributed by atoms with Crippen LogP contribution in [0.5, 0.6) is 0 Å². The van der Waals surface area contributed by atoms with Gasteiger partial charge in [0.05, 0.1) is 5.69 Å². The van der Waals surface area contributed by atoms with Crippen molar-refractivity contribution in [3.63, 3.8) is 0 Å². The van der Waals surface area contributed by atoms with Crippen LogP contribution in [0.4, 0.5) is 10.1 Å². The van der Waals surface area contributed by atoms with E-state index in [-0.39, 0.29) is 17.2 Å². The fourth-order valence-electron chi connectivity index (χ4n) is 1.30. The lowest BCUT2D eigenvalue weighted by Crippen LogP contribution is -2.27. The topological polar surface area (TPSA) is 44.1 Å². The molecular formula is C12H11FN2O. The van der Waals surface area contributed by atoms with E-state index in [1.165, 1.54) is 30.1 Å². The molecule has 0 aliphatic heterocycles. The van der Waals surface area contributed by atoms with Gasteiger partial charge < -0.3 is 4.90 Å². The Morgan fingerprint density at radius 3 is 2.69 bits per heavy atom. The highest BCUT2D eigenvalue weighted by molar-refractivity contribution is 6.05. The predicted octanol–water partition coefficient (Wildman–Crippen LogP) is 2.24. The molecule has 0 radical (unpaired) electrons. The Labute approximate surface area is 93.4 Å². The molecule has 0 bridgehead atoms. The summed E-state index contributed by atoms with van der Waals surface area (Å²) >= 11 is 0. The van der Waals surface area contributed by atoms with Crippen LogP contribution in [0.15, 0.2) is 30.4 Å². The molecule has 0 aromatic heterocycles. The highest BCUT2D eigenvalue weighted by atomic mass is 19.1. The van der Waals surface area contributed by atoms with Crippen molar-refractivity contribution < 1.29 is 9.18 Å². The maximum absolute atomic E-state index is 13.3. The standard InChI is InChI=1S/C12H11FN2O/c1-8(2)12(16)15(3)11-6-4-5-10(13)9(11)7-14/h4-6H,1H2,2-3H3. The molecule has 0 aliphatic carbocycles. The van der Waals surface area contributed by atoms with Gasteiger partial charge in [0.15, 0.2) is 0 Å². The zero-order chi connectivity index (χ0) is 12.3. The summed E-state index contributed by atoms with van der Waals surface area (Å²) in [5, 5.41) is 8.82. The van der Waals surface area contributed by atoms with Gasteiger partial charge in [0, 0.05) is 12.6 Å². The number of nitriles is 1. The van der Waals surface area contributed by atoms with E-state index in [9.17, 15) is 9.18 Å².